The molecule has 0 saturated heterocycles. The summed E-state index contributed by atoms with van der Waals surface area (Å²) < 4.78 is 311. The van der Waals surface area contributed by atoms with Gasteiger partial charge in [0.2, 0.25) is 0 Å². The number of carboxylic acids is 3. The Morgan fingerprint density at radius 3 is 0.974 bits per heavy atom. The number of hydrogen-bond acceptors (Lipinski definition) is 21. The molecule has 6 rings (SSSR count). The topological polar surface area (TPSA) is 352 Å². The van der Waals surface area contributed by atoms with Crippen LogP contribution in [0, 0.1) is 30.3 Å². The summed E-state index contributed by atoms with van der Waals surface area (Å²) in [6.45, 7) is 0. The van der Waals surface area contributed by atoms with Crippen LogP contribution in [-0.4, -0.2) is 133 Å². The fourth-order valence-electron chi connectivity index (χ4n) is 4.59. The minimum Gasteiger partial charge on any atom is -0.493 e. The van der Waals surface area contributed by atoms with Crippen molar-refractivity contribution in [1.29, 1.82) is 0 Å². The zero-order valence-corrected chi connectivity index (χ0v) is 39.2. The number of methoxy groups -OCH3 is 12. The predicted molar refractivity (Wildman–Crippen MR) is 278 cm³/mol. The highest BCUT2D eigenvalue weighted by atomic mass is 16.6. The van der Waals surface area contributed by atoms with Crippen molar-refractivity contribution < 1.29 is 151 Å². The first-order valence-electron chi connectivity index (χ1n) is 37.0. The SMILES string of the molecule is [2H]C([2H])([2H])Oc1cc(C(=O)O)c([N+](=O)[O-])cc1OC([2H])([2H])[2H].[2H]C([2H])([2H])Oc1ccccc1OC([2H])([2H])[2H].[2H]c1c(OC([2H])([2H])[2H])c(OC([2H])([2H])[2H])c([2H])c([N+](=O)[O-])c1C(=O)O.[2H]c1c(OC)c(OC)c([2H])c([N+](=O)[O-])c1C(=O)O.[2H]c1c([2H])c([2H])c(OC([2H])([2H])[2H])c(OC([2H])([2H])[2H])c1[2H].[2H]c1c([2H])c([2H])c(OC)c(OC)c1[2H]. The van der Waals surface area contributed by atoms with E-state index in [2.05, 4.69) is 37.9 Å². The number of ether oxygens (including phenoxy) is 12. The van der Waals surface area contributed by atoms with Gasteiger partial charge < -0.3 is 72.2 Å². The monoisotopic (exact) mass is 1130 g/mol. The molecule has 0 aliphatic carbocycles. The second kappa shape index (κ2) is 34.1. The smallest absolute Gasteiger partial charge is 0.342 e. The normalized spacial score (nSPS) is 17.4. The molecular formula is C51H57N3O24. The molecule has 27 nitrogen and oxygen atoms in total. The van der Waals surface area contributed by atoms with Crippen molar-refractivity contribution in [3.05, 3.63) is 156 Å². The molecule has 0 unspecified atom stereocenters. The molecule has 0 radical (unpaired) electrons. The van der Waals surface area contributed by atoms with E-state index in [1.54, 1.807) is 0 Å². The average molecular weight is 1130 g/mol. The maximum absolute atomic E-state index is 11.2. The molecule has 6 aromatic rings. The van der Waals surface area contributed by atoms with E-state index in [-0.39, 0.29) is 58.7 Å². The second-order valence-corrected chi connectivity index (χ2v) is 12.2. The molecule has 78 heavy (non-hydrogen) atoms. The Morgan fingerprint density at radius 1 is 0.385 bits per heavy atom. The highest BCUT2D eigenvalue weighted by Gasteiger charge is 2.26. The molecule has 0 aliphatic rings. The summed E-state index contributed by atoms with van der Waals surface area (Å²) in [6, 6.07) is -1.69. The Labute approximate surface area is 496 Å². The Hall–Kier alpha value is -10.5. The van der Waals surface area contributed by atoms with E-state index >= 15 is 0 Å². The molecule has 0 spiro atoms. The number of para-hydroxylation sites is 6. The van der Waals surface area contributed by atoms with Gasteiger partial charge in [0.05, 0.1) is 167 Å². The van der Waals surface area contributed by atoms with E-state index in [1.165, 1.54) is 38.5 Å². The number of aromatic carboxylic acids is 3. The Kier molecular flexibility index (Phi) is 12.2. The summed E-state index contributed by atoms with van der Waals surface area (Å²) in [5, 5.41) is 59.5. The van der Waals surface area contributed by atoms with Gasteiger partial charge in [-0.2, -0.15) is 0 Å². The number of hydrogen-bond donors (Lipinski definition) is 3. The molecule has 0 atom stereocenters. The molecule has 0 saturated carbocycles. The third kappa shape index (κ3) is 19.4. The van der Waals surface area contributed by atoms with Crippen LogP contribution in [0.2, 0.25) is 0 Å². The van der Waals surface area contributed by atoms with Crippen LogP contribution >= 0.6 is 0 Å². The van der Waals surface area contributed by atoms with Crippen molar-refractivity contribution in [2.24, 2.45) is 0 Å². The van der Waals surface area contributed by atoms with Crippen LogP contribution in [0.3, 0.4) is 0 Å². The molecule has 0 aliphatic heterocycles. The number of nitro benzene ring substituents is 3. The molecule has 0 fully saturated rings. The molecule has 420 valence electrons. The van der Waals surface area contributed by atoms with Gasteiger partial charge in [-0.15, -0.1) is 0 Å². The van der Waals surface area contributed by atoms with E-state index in [1.807, 2.05) is 0 Å². The second-order valence-electron chi connectivity index (χ2n) is 12.2. The lowest BCUT2D eigenvalue weighted by atomic mass is 10.1. The van der Waals surface area contributed by atoms with Gasteiger partial charge in [0.1, 0.15) is 16.7 Å². The quantitative estimate of drug-likeness (QED) is 0.0533. The van der Waals surface area contributed by atoms with Crippen LogP contribution in [0.15, 0.2) is 109 Å². The minimum atomic E-state index is -3.27. The van der Waals surface area contributed by atoms with E-state index < -0.39 is 206 Å². The van der Waals surface area contributed by atoms with Crippen LogP contribution < -0.4 is 56.8 Å². The Bertz CT molecular complexity index is 4250. The lowest BCUT2D eigenvalue weighted by Gasteiger charge is -2.08. The summed E-state index contributed by atoms with van der Waals surface area (Å²) in [4.78, 5) is 62.3. The van der Waals surface area contributed by atoms with Gasteiger partial charge in [0.25, 0.3) is 17.1 Å². The van der Waals surface area contributed by atoms with Gasteiger partial charge in [-0.05, 0) is 36.3 Å². The van der Waals surface area contributed by atoms with Gasteiger partial charge in [-0.25, -0.2) is 14.4 Å². The van der Waals surface area contributed by atoms with Crippen LogP contribution in [0.1, 0.15) is 80.4 Å². The minimum absolute atomic E-state index is 0.0264. The zero-order valence-electron chi connectivity index (χ0n) is 75.2. The Morgan fingerprint density at radius 2 is 0.654 bits per heavy atom. The van der Waals surface area contributed by atoms with Crippen molar-refractivity contribution in [3.63, 3.8) is 0 Å². The van der Waals surface area contributed by atoms with Gasteiger partial charge in [-0.1, -0.05) is 36.3 Å². The summed E-state index contributed by atoms with van der Waals surface area (Å²) in [5.41, 5.74) is -6.49. The zero-order chi connectivity index (χ0) is 89.5. The van der Waals surface area contributed by atoms with E-state index in [9.17, 15) is 44.7 Å². The molecule has 0 aromatic heterocycles. The largest absolute Gasteiger partial charge is 0.493 e. The molecule has 0 bridgehead atoms. The van der Waals surface area contributed by atoms with Crippen molar-refractivity contribution in [3.8, 4) is 69.0 Å². The van der Waals surface area contributed by atoms with Crippen molar-refractivity contribution in [1.82, 2.24) is 0 Å². The third-order valence-electron chi connectivity index (χ3n) is 7.86. The van der Waals surface area contributed by atoms with Crippen molar-refractivity contribution >= 4 is 35.0 Å². The van der Waals surface area contributed by atoms with Gasteiger partial charge in [0, 0.05) is 18.2 Å². The molecule has 3 N–H and O–H groups in total. The maximum atomic E-state index is 11.2. The maximum Gasteiger partial charge on any atom is 0.342 e. The van der Waals surface area contributed by atoms with Crippen LogP contribution in [0.25, 0.3) is 0 Å². The summed E-state index contributed by atoms with van der Waals surface area (Å²) in [6.07, 6.45) is 0. The highest BCUT2D eigenvalue weighted by Crippen LogP contribution is 2.37. The number of rotatable bonds is 18. The highest BCUT2D eigenvalue weighted by molar-refractivity contribution is 5.94. The summed E-state index contributed by atoms with van der Waals surface area (Å²) in [5.74, 6) is -12.0. The molecule has 27 heteroatoms. The lowest BCUT2D eigenvalue weighted by molar-refractivity contribution is -0.385. The Balaban J connectivity index is 0.000000689. The number of benzene rings is 6. The molecule has 6 aromatic carbocycles. The van der Waals surface area contributed by atoms with Gasteiger partial charge in [0.15, 0.2) is 69.0 Å². The number of carbonyl (C=O) groups is 3. The summed E-state index contributed by atoms with van der Waals surface area (Å²) >= 11 is 0. The first kappa shape index (κ1) is 27.9. The molecule has 0 amide bonds. The average Bonchev–Trinajstić information content (AvgIpc) is 0.774. The standard InChI is InChI=1S/3C9H9NO6.3C8H10O2/c3*1-15-7-3-5(9(11)12)6(10(13)14)4-8(7)16-2;3*1-9-7-5-3-4-6-8(7)10-2/h3*3-4H,1-2H3,(H,11,12);3*3-6H,1-2H3/i1D3,2D3,3D,4D;3D,4D;1D3,2D3;1D3,2D3,3D,4D,5D,6D;3D,4D,5D,6D;1D3,2D3. The number of nitro groups is 3. The van der Waals surface area contributed by atoms with Crippen molar-refractivity contribution in [2.75, 3.05) is 84.7 Å². The fraction of sp³-hybridized carbons (Fsp3) is 0.235. The predicted octanol–water partition coefficient (Wildman–Crippen LogP) is 9.04. The summed E-state index contributed by atoms with van der Waals surface area (Å²) in [7, 11) is -19.0. The van der Waals surface area contributed by atoms with Crippen LogP contribution in [0.4, 0.5) is 17.1 Å². The first-order valence-corrected chi connectivity index (χ1v) is 19.0. The van der Waals surface area contributed by atoms with Crippen LogP contribution in [0.5, 0.6) is 69.0 Å². The first-order chi connectivity index (χ1) is 51.4. The fourth-order valence-corrected chi connectivity index (χ4v) is 4.59. The van der Waals surface area contributed by atoms with Crippen LogP contribution in [-0.2, 0) is 0 Å². The third-order valence-corrected chi connectivity index (χ3v) is 7.86. The van der Waals surface area contributed by atoms with E-state index in [0.29, 0.717) is 12.1 Å². The van der Waals surface area contributed by atoms with E-state index in [0.717, 1.165) is 14.2 Å². The van der Waals surface area contributed by atoms with Crippen molar-refractivity contribution in [2.45, 2.75) is 0 Å². The molecular weight excluding hydrogens is 1040 g/mol. The lowest BCUT2D eigenvalue weighted by Crippen LogP contribution is -2.04. The van der Waals surface area contributed by atoms with Gasteiger partial charge in [-0.3, -0.25) is 30.3 Å². The number of nitrogens with zero attached hydrogens (tertiary/aromatic N) is 3. The van der Waals surface area contributed by atoms with E-state index in [4.69, 9.17) is 83.6 Å². The number of carboxylic acid groups (broad SMARTS) is 3. The molecule has 0 heterocycles. The van der Waals surface area contributed by atoms with Gasteiger partial charge >= 0.3 is 17.9 Å².